The second kappa shape index (κ2) is 10.4. The lowest BCUT2D eigenvalue weighted by Crippen LogP contribution is -2.29. The first-order chi connectivity index (χ1) is 18.8. The molecule has 9 heteroatoms. The molecule has 1 aliphatic carbocycles. The van der Waals surface area contributed by atoms with Gasteiger partial charge >= 0.3 is 12.1 Å². The second-order valence-corrected chi connectivity index (χ2v) is 11.5. The predicted molar refractivity (Wildman–Crippen MR) is 144 cm³/mol. The monoisotopic (exact) mass is 555 g/mol. The summed E-state index contributed by atoms with van der Waals surface area (Å²) in [5, 5.41) is 10.2. The molecule has 1 unspecified atom stereocenters. The number of rotatable bonds is 7. The lowest BCUT2D eigenvalue weighted by atomic mass is 9.84. The van der Waals surface area contributed by atoms with Gasteiger partial charge in [-0.3, -0.25) is 4.79 Å². The predicted octanol–water partition coefficient (Wildman–Crippen LogP) is 6.88. The Balaban J connectivity index is 1.83. The minimum atomic E-state index is -4.85. The molecule has 40 heavy (non-hydrogen) atoms. The Morgan fingerprint density at radius 1 is 1.10 bits per heavy atom. The molecule has 2 aromatic carbocycles. The number of hydrogen-bond donors (Lipinski definition) is 1. The van der Waals surface area contributed by atoms with Gasteiger partial charge in [-0.2, -0.15) is 13.2 Å². The first-order valence-electron chi connectivity index (χ1n) is 13.4. The maximum Gasteiger partial charge on any atom is 0.416 e. The van der Waals surface area contributed by atoms with E-state index in [1.807, 2.05) is 0 Å². The van der Waals surface area contributed by atoms with Crippen LogP contribution in [0.15, 0.2) is 53.5 Å². The Labute approximate surface area is 230 Å². The number of carbonyl (C=O) groups is 1. The standard InChI is InChI=1S/C31H32F3NO5/c1-30(2,3)40-28(29(37)38)27-23(31(32,33)34)11-10-22(21-9-13-25(36)35(17-21)16-18-6-7-18)26(27)20-8-12-24-19(15-20)5-4-14-39-24/h8-13,15,17-18,28H,4-7,14,16H2,1-3H3,(H,37,38). The number of nitrogens with zero attached hydrogens (tertiary/aromatic N) is 1. The highest BCUT2D eigenvalue weighted by atomic mass is 19.4. The van der Waals surface area contributed by atoms with Crippen molar-refractivity contribution in [1.29, 1.82) is 0 Å². The molecule has 1 saturated carbocycles. The molecule has 0 amide bonds. The maximum atomic E-state index is 14.6. The van der Waals surface area contributed by atoms with E-state index >= 15 is 0 Å². The molecule has 5 rings (SSSR count). The van der Waals surface area contributed by atoms with Crippen LogP contribution in [0.1, 0.15) is 62.8 Å². The summed E-state index contributed by atoms with van der Waals surface area (Å²) in [7, 11) is 0. The summed E-state index contributed by atoms with van der Waals surface area (Å²) in [6.07, 6.45) is -1.62. The number of ether oxygens (including phenoxy) is 2. The molecule has 0 radical (unpaired) electrons. The number of halogens is 3. The van der Waals surface area contributed by atoms with Crippen LogP contribution in [0.3, 0.4) is 0 Å². The minimum Gasteiger partial charge on any atom is -0.493 e. The van der Waals surface area contributed by atoms with Gasteiger partial charge in [-0.1, -0.05) is 12.1 Å². The van der Waals surface area contributed by atoms with E-state index in [4.69, 9.17) is 9.47 Å². The lowest BCUT2D eigenvalue weighted by molar-refractivity contribution is -0.163. The molecule has 1 N–H and O–H groups in total. The number of benzene rings is 2. The van der Waals surface area contributed by atoms with Crippen LogP contribution in [-0.2, 0) is 28.7 Å². The number of alkyl halides is 3. The Kier molecular flexibility index (Phi) is 7.29. The number of carboxylic acid groups (broad SMARTS) is 1. The average Bonchev–Trinajstić information content (AvgIpc) is 3.70. The highest BCUT2D eigenvalue weighted by molar-refractivity contribution is 5.90. The molecule has 3 aromatic rings. The highest BCUT2D eigenvalue weighted by Crippen LogP contribution is 2.47. The molecule has 1 aromatic heterocycles. The van der Waals surface area contributed by atoms with Crippen molar-refractivity contribution in [3.05, 3.63) is 75.7 Å². The third kappa shape index (κ3) is 5.94. The van der Waals surface area contributed by atoms with Gasteiger partial charge in [-0.15, -0.1) is 0 Å². The van der Waals surface area contributed by atoms with Crippen molar-refractivity contribution in [2.45, 2.75) is 70.9 Å². The molecule has 212 valence electrons. The molecule has 1 aliphatic heterocycles. The van der Waals surface area contributed by atoms with E-state index in [-0.39, 0.29) is 11.1 Å². The Morgan fingerprint density at radius 2 is 1.82 bits per heavy atom. The van der Waals surface area contributed by atoms with Crippen molar-refractivity contribution >= 4 is 5.97 Å². The normalized spacial score (nSPS) is 16.2. The number of aryl methyl sites for hydroxylation is 1. The van der Waals surface area contributed by atoms with Gasteiger partial charge in [0, 0.05) is 24.4 Å². The number of pyridine rings is 1. The SMILES string of the molecule is CC(C)(C)OC(C(=O)O)c1c(C(F)(F)F)ccc(-c2ccc(=O)n(CC3CC3)c2)c1-c1ccc2c(c1)CCCO2. The molecular formula is C31H32F3NO5. The molecule has 6 nitrogen and oxygen atoms in total. The van der Waals surface area contributed by atoms with E-state index in [0.717, 1.165) is 30.9 Å². The molecule has 1 atom stereocenters. The summed E-state index contributed by atoms with van der Waals surface area (Å²) >= 11 is 0. The van der Waals surface area contributed by atoms with Crippen LogP contribution < -0.4 is 10.3 Å². The van der Waals surface area contributed by atoms with Crippen LogP contribution >= 0.6 is 0 Å². The number of hydrogen-bond acceptors (Lipinski definition) is 4. The van der Waals surface area contributed by atoms with Crippen molar-refractivity contribution in [2.24, 2.45) is 5.92 Å². The van der Waals surface area contributed by atoms with E-state index < -0.39 is 35.0 Å². The van der Waals surface area contributed by atoms with E-state index in [9.17, 15) is 27.9 Å². The van der Waals surface area contributed by atoms with Gasteiger partial charge in [-0.25, -0.2) is 4.79 Å². The number of aromatic nitrogens is 1. The number of carboxylic acids is 1. The summed E-state index contributed by atoms with van der Waals surface area (Å²) in [4.78, 5) is 25.2. The summed E-state index contributed by atoms with van der Waals surface area (Å²) in [6.45, 7) is 5.88. The van der Waals surface area contributed by atoms with E-state index in [1.165, 1.54) is 12.1 Å². The molecule has 0 spiro atoms. The fraction of sp³-hybridized carbons (Fsp3) is 0.419. The topological polar surface area (TPSA) is 77.8 Å². The van der Waals surface area contributed by atoms with Crippen molar-refractivity contribution < 1.29 is 32.5 Å². The van der Waals surface area contributed by atoms with Gasteiger partial charge in [0.15, 0.2) is 6.10 Å². The van der Waals surface area contributed by atoms with Crippen LogP contribution in [0, 0.1) is 5.92 Å². The van der Waals surface area contributed by atoms with Gasteiger partial charge in [0.2, 0.25) is 0 Å². The Morgan fingerprint density at radius 3 is 2.48 bits per heavy atom. The minimum absolute atomic E-state index is 0.108. The zero-order chi connectivity index (χ0) is 28.8. The summed E-state index contributed by atoms with van der Waals surface area (Å²) in [6, 6.07) is 10.4. The van der Waals surface area contributed by atoms with E-state index in [1.54, 1.807) is 55.8 Å². The third-order valence-electron chi connectivity index (χ3n) is 7.15. The van der Waals surface area contributed by atoms with Crippen LogP contribution in [0.25, 0.3) is 22.3 Å². The Hall–Kier alpha value is -3.59. The molecule has 2 aliphatic rings. The van der Waals surface area contributed by atoms with Crippen LogP contribution in [-0.4, -0.2) is 27.9 Å². The summed E-state index contributed by atoms with van der Waals surface area (Å²) in [5.74, 6) is -0.476. The van der Waals surface area contributed by atoms with Crippen LogP contribution in [0.4, 0.5) is 13.2 Å². The van der Waals surface area contributed by atoms with Crippen molar-refractivity contribution in [3.8, 4) is 28.0 Å². The molecule has 0 bridgehead atoms. The fourth-order valence-corrected chi connectivity index (χ4v) is 5.20. The van der Waals surface area contributed by atoms with Crippen molar-refractivity contribution in [3.63, 3.8) is 0 Å². The summed E-state index contributed by atoms with van der Waals surface area (Å²) < 4.78 is 56.8. The first-order valence-corrected chi connectivity index (χ1v) is 13.4. The van der Waals surface area contributed by atoms with Crippen molar-refractivity contribution in [2.75, 3.05) is 6.61 Å². The van der Waals surface area contributed by atoms with Crippen LogP contribution in [0.2, 0.25) is 0 Å². The molecule has 0 saturated heterocycles. The van der Waals surface area contributed by atoms with Crippen molar-refractivity contribution in [1.82, 2.24) is 4.57 Å². The third-order valence-corrected chi connectivity index (χ3v) is 7.15. The largest absolute Gasteiger partial charge is 0.493 e. The van der Waals surface area contributed by atoms with Gasteiger partial charge < -0.3 is 19.1 Å². The quantitative estimate of drug-likeness (QED) is 0.344. The average molecular weight is 556 g/mol. The van der Waals surface area contributed by atoms with Gasteiger partial charge in [0.05, 0.1) is 17.8 Å². The lowest BCUT2D eigenvalue weighted by Gasteiger charge is -2.30. The molecular weight excluding hydrogens is 523 g/mol. The summed E-state index contributed by atoms with van der Waals surface area (Å²) in [5.41, 5.74) is -0.546. The number of aliphatic carboxylic acids is 1. The maximum absolute atomic E-state index is 14.6. The van der Waals surface area contributed by atoms with Crippen LogP contribution in [0.5, 0.6) is 5.75 Å². The van der Waals surface area contributed by atoms with E-state index in [2.05, 4.69) is 0 Å². The van der Waals surface area contributed by atoms with E-state index in [0.29, 0.717) is 47.9 Å². The Bertz CT molecular complexity index is 1500. The smallest absolute Gasteiger partial charge is 0.416 e. The fourth-order valence-electron chi connectivity index (χ4n) is 5.20. The number of fused-ring (bicyclic) bond motifs is 1. The molecule has 2 heterocycles. The highest BCUT2D eigenvalue weighted by Gasteiger charge is 2.41. The zero-order valence-corrected chi connectivity index (χ0v) is 22.7. The van der Waals surface area contributed by atoms with Gasteiger partial charge in [0.25, 0.3) is 5.56 Å². The first kappa shape index (κ1) is 28.0. The molecule has 1 fully saturated rings. The van der Waals surface area contributed by atoms with Gasteiger partial charge in [0.1, 0.15) is 5.75 Å². The zero-order valence-electron chi connectivity index (χ0n) is 22.7. The van der Waals surface area contributed by atoms with Gasteiger partial charge in [-0.05, 0) is 104 Å². The second-order valence-electron chi connectivity index (χ2n) is 11.5.